The van der Waals surface area contributed by atoms with Gasteiger partial charge in [-0.15, -0.1) is 12.4 Å². The van der Waals surface area contributed by atoms with Crippen molar-refractivity contribution >= 4 is 18.3 Å². The standard InChI is InChI=1S/C15H26F3N3O.ClH/c16-15(17,18)13(21-9-7-19-8-10-21)11-20-14(22)6-5-12-3-1-2-4-12;/h12-13,19H,1-11H2,(H,20,22);1H. The van der Waals surface area contributed by atoms with Gasteiger partial charge < -0.3 is 10.6 Å². The van der Waals surface area contributed by atoms with E-state index in [0.717, 1.165) is 19.3 Å². The second-order valence-electron chi connectivity index (χ2n) is 6.34. The maximum atomic E-state index is 13.2. The predicted octanol–water partition coefficient (Wildman–Crippen LogP) is 2.33. The third kappa shape index (κ3) is 6.85. The Hall–Kier alpha value is -0.530. The molecule has 0 spiro atoms. The number of halogens is 4. The average molecular weight is 358 g/mol. The predicted molar refractivity (Wildman–Crippen MR) is 85.7 cm³/mol. The molecule has 2 fully saturated rings. The summed E-state index contributed by atoms with van der Waals surface area (Å²) in [5, 5.41) is 5.53. The van der Waals surface area contributed by atoms with Crippen molar-refractivity contribution in [3.63, 3.8) is 0 Å². The van der Waals surface area contributed by atoms with Crippen molar-refractivity contribution in [1.29, 1.82) is 0 Å². The molecule has 0 aromatic heterocycles. The van der Waals surface area contributed by atoms with E-state index >= 15 is 0 Å². The Morgan fingerprint density at radius 1 is 1.22 bits per heavy atom. The second kappa shape index (κ2) is 9.69. The van der Waals surface area contributed by atoms with E-state index in [9.17, 15) is 18.0 Å². The van der Waals surface area contributed by atoms with E-state index in [1.165, 1.54) is 17.7 Å². The number of nitrogens with one attached hydrogen (secondary N) is 2. The highest BCUT2D eigenvalue weighted by molar-refractivity contribution is 5.85. The second-order valence-corrected chi connectivity index (χ2v) is 6.34. The maximum absolute atomic E-state index is 13.2. The first-order chi connectivity index (χ1) is 10.5. The lowest BCUT2D eigenvalue weighted by Gasteiger charge is -2.35. The number of carbonyl (C=O) groups is 1. The molecule has 136 valence electrons. The fourth-order valence-electron chi connectivity index (χ4n) is 3.38. The van der Waals surface area contributed by atoms with Gasteiger partial charge in [-0.2, -0.15) is 13.2 Å². The highest BCUT2D eigenvalue weighted by atomic mass is 35.5. The lowest BCUT2D eigenvalue weighted by Crippen LogP contribution is -2.57. The van der Waals surface area contributed by atoms with E-state index in [4.69, 9.17) is 0 Å². The minimum Gasteiger partial charge on any atom is -0.354 e. The summed E-state index contributed by atoms with van der Waals surface area (Å²) in [5.41, 5.74) is 0. The zero-order chi connectivity index (χ0) is 16.0. The van der Waals surface area contributed by atoms with Crippen LogP contribution < -0.4 is 10.6 Å². The fraction of sp³-hybridized carbons (Fsp3) is 0.933. The first kappa shape index (κ1) is 20.5. The van der Waals surface area contributed by atoms with Crippen LogP contribution in [0.5, 0.6) is 0 Å². The third-order valence-corrected chi connectivity index (χ3v) is 4.72. The lowest BCUT2D eigenvalue weighted by molar-refractivity contribution is -0.184. The molecule has 1 aliphatic heterocycles. The van der Waals surface area contributed by atoms with Gasteiger partial charge in [0.25, 0.3) is 0 Å². The minimum atomic E-state index is -4.31. The number of carbonyl (C=O) groups excluding carboxylic acids is 1. The molecule has 0 aromatic rings. The summed E-state index contributed by atoms with van der Waals surface area (Å²) in [6, 6.07) is -1.58. The van der Waals surface area contributed by atoms with Crippen LogP contribution in [-0.2, 0) is 4.79 Å². The van der Waals surface area contributed by atoms with Crippen molar-refractivity contribution in [3.8, 4) is 0 Å². The first-order valence-corrected chi connectivity index (χ1v) is 8.25. The Morgan fingerprint density at radius 3 is 2.39 bits per heavy atom. The summed E-state index contributed by atoms with van der Waals surface area (Å²) in [7, 11) is 0. The van der Waals surface area contributed by atoms with E-state index in [1.54, 1.807) is 0 Å². The molecular formula is C15H27ClF3N3O. The van der Waals surface area contributed by atoms with Gasteiger partial charge in [0.05, 0.1) is 0 Å². The Kier molecular flexibility index (Phi) is 8.64. The van der Waals surface area contributed by atoms with Crippen LogP contribution in [0.2, 0.25) is 0 Å². The zero-order valence-electron chi connectivity index (χ0n) is 13.3. The van der Waals surface area contributed by atoms with Crippen molar-refractivity contribution in [3.05, 3.63) is 0 Å². The molecule has 23 heavy (non-hydrogen) atoms. The molecule has 0 bridgehead atoms. The molecule has 1 aliphatic carbocycles. The fourth-order valence-corrected chi connectivity index (χ4v) is 3.38. The van der Waals surface area contributed by atoms with E-state index in [1.807, 2.05) is 0 Å². The molecule has 1 heterocycles. The molecule has 2 rings (SSSR count). The van der Waals surface area contributed by atoms with Crippen molar-refractivity contribution in [2.75, 3.05) is 32.7 Å². The van der Waals surface area contributed by atoms with Gasteiger partial charge in [0.1, 0.15) is 6.04 Å². The van der Waals surface area contributed by atoms with Crippen LogP contribution in [-0.4, -0.2) is 55.7 Å². The molecule has 1 unspecified atom stereocenters. The topological polar surface area (TPSA) is 44.4 Å². The monoisotopic (exact) mass is 357 g/mol. The Morgan fingerprint density at radius 2 is 1.83 bits per heavy atom. The van der Waals surface area contributed by atoms with Gasteiger partial charge in [-0.25, -0.2) is 0 Å². The van der Waals surface area contributed by atoms with Crippen LogP contribution in [0.1, 0.15) is 38.5 Å². The van der Waals surface area contributed by atoms with Crippen LogP contribution >= 0.6 is 12.4 Å². The minimum absolute atomic E-state index is 0. The van der Waals surface area contributed by atoms with Crippen molar-refractivity contribution in [2.24, 2.45) is 5.92 Å². The molecular weight excluding hydrogens is 331 g/mol. The average Bonchev–Trinajstić information content (AvgIpc) is 2.98. The molecule has 2 N–H and O–H groups in total. The number of amides is 1. The summed E-state index contributed by atoms with van der Waals surface area (Å²) in [6.45, 7) is 1.50. The molecule has 1 saturated heterocycles. The maximum Gasteiger partial charge on any atom is 0.405 e. The van der Waals surface area contributed by atoms with E-state index in [0.29, 0.717) is 38.5 Å². The van der Waals surface area contributed by atoms with Crippen LogP contribution in [0.3, 0.4) is 0 Å². The van der Waals surface area contributed by atoms with Crippen molar-refractivity contribution in [2.45, 2.75) is 50.7 Å². The molecule has 4 nitrogen and oxygen atoms in total. The van der Waals surface area contributed by atoms with E-state index in [-0.39, 0.29) is 24.9 Å². The summed E-state index contributed by atoms with van der Waals surface area (Å²) in [6.07, 6.45) is 1.57. The number of nitrogens with zero attached hydrogens (tertiary/aromatic N) is 1. The smallest absolute Gasteiger partial charge is 0.354 e. The Labute approximate surface area is 142 Å². The molecule has 8 heteroatoms. The molecule has 0 aromatic carbocycles. The highest BCUT2D eigenvalue weighted by Gasteiger charge is 2.43. The number of hydrogen-bond donors (Lipinski definition) is 2. The number of alkyl halides is 3. The van der Waals surface area contributed by atoms with E-state index < -0.39 is 12.2 Å². The van der Waals surface area contributed by atoms with Gasteiger partial charge >= 0.3 is 6.18 Å². The summed E-state index contributed by atoms with van der Waals surface area (Å²) < 4.78 is 39.5. The highest BCUT2D eigenvalue weighted by Crippen LogP contribution is 2.28. The lowest BCUT2D eigenvalue weighted by atomic mass is 10.0. The van der Waals surface area contributed by atoms with Gasteiger partial charge in [-0.1, -0.05) is 25.7 Å². The van der Waals surface area contributed by atoms with Crippen molar-refractivity contribution < 1.29 is 18.0 Å². The van der Waals surface area contributed by atoms with Crippen LogP contribution in [0, 0.1) is 5.92 Å². The normalized spacial score (nSPS) is 21.7. The number of hydrogen-bond acceptors (Lipinski definition) is 3. The molecule has 1 amide bonds. The summed E-state index contributed by atoms with van der Waals surface area (Å²) >= 11 is 0. The van der Waals surface area contributed by atoms with Gasteiger partial charge in [0.2, 0.25) is 5.91 Å². The number of rotatable bonds is 6. The first-order valence-electron chi connectivity index (χ1n) is 8.25. The molecule has 0 radical (unpaired) electrons. The van der Waals surface area contributed by atoms with Gasteiger partial charge in [-0.05, 0) is 12.3 Å². The Bertz CT molecular complexity index is 356. The van der Waals surface area contributed by atoms with Crippen molar-refractivity contribution in [1.82, 2.24) is 15.5 Å². The van der Waals surface area contributed by atoms with Crippen LogP contribution in [0.25, 0.3) is 0 Å². The largest absolute Gasteiger partial charge is 0.405 e. The SMILES string of the molecule is Cl.O=C(CCC1CCCC1)NCC(N1CCNCC1)C(F)(F)F. The molecule has 2 aliphatic rings. The van der Waals surface area contributed by atoms with Gasteiger partial charge in [0.15, 0.2) is 0 Å². The Balaban J connectivity index is 0.00000264. The zero-order valence-corrected chi connectivity index (χ0v) is 14.1. The molecule has 1 saturated carbocycles. The summed E-state index contributed by atoms with van der Waals surface area (Å²) in [5.74, 6) is 0.327. The number of piperazine rings is 1. The molecule has 1 atom stereocenters. The van der Waals surface area contributed by atoms with Gasteiger partial charge in [0, 0.05) is 39.1 Å². The third-order valence-electron chi connectivity index (χ3n) is 4.72. The summed E-state index contributed by atoms with van der Waals surface area (Å²) in [4.78, 5) is 13.2. The van der Waals surface area contributed by atoms with Crippen LogP contribution in [0.15, 0.2) is 0 Å². The quantitative estimate of drug-likeness (QED) is 0.767. The van der Waals surface area contributed by atoms with Gasteiger partial charge in [-0.3, -0.25) is 9.69 Å². The van der Waals surface area contributed by atoms with E-state index in [2.05, 4.69) is 10.6 Å². The van der Waals surface area contributed by atoms with Crippen LogP contribution in [0.4, 0.5) is 13.2 Å².